The molecule has 5 heterocycles. The van der Waals surface area contributed by atoms with Crippen molar-refractivity contribution in [3.05, 3.63) is 59.4 Å². The van der Waals surface area contributed by atoms with Gasteiger partial charge in [-0.05, 0) is 50.2 Å². The van der Waals surface area contributed by atoms with Crippen molar-refractivity contribution in [2.45, 2.75) is 60.2 Å². The Bertz CT molecular complexity index is 1850. The third-order valence-electron chi connectivity index (χ3n) is 10.0. The molecule has 7 rings (SSSR count). The molecular weight excluding hydrogens is 557 g/mol. The summed E-state index contributed by atoms with van der Waals surface area (Å²) in [7, 11) is -1.30. The molecule has 9 nitrogen and oxygen atoms in total. The average molecular weight is 596 g/mol. The van der Waals surface area contributed by atoms with Gasteiger partial charge in [0.25, 0.3) is 11.8 Å². The highest BCUT2D eigenvalue weighted by Crippen LogP contribution is 2.47. The second-order valence-corrected chi connectivity index (χ2v) is 12.6. The summed E-state index contributed by atoms with van der Waals surface area (Å²) in [6, 6.07) is 9.88. The molecular formula is C34H38BN3O6. The van der Waals surface area contributed by atoms with Gasteiger partial charge in [-0.25, -0.2) is 0 Å². The van der Waals surface area contributed by atoms with E-state index in [1.54, 1.807) is 6.20 Å². The number of aromatic nitrogens is 2. The summed E-state index contributed by atoms with van der Waals surface area (Å²) in [6.07, 6.45) is 4.49. The molecule has 228 valence electrons. The fourth-order valence-electron chi connectivity index (χ4n) is 7.32. The quantitative estimate of drug-likeness (QED) is 0.223. The Morgan fingerprint density at radius 1 is 0.932 bits per heavy atom. The lowest BCUT2D eigenvalue weighted by atomic mass is 9.77. The maximum atomic E-state index is 14.2. The minimum absolute atomic E-state index is 0.107. The van der Waals surface area contributed by atoms with Crippen molar-refractivity contribution < 1.29 is 28.8 Å². The van der Waals surface area contributed by atoms with E-state index in [1.165, 1.54) is 6.82 Å². The Morgan fingerprint density at radius 2 is 1.61 bits per heavy atom. The van der Waals surface area contributed by atoms with E-state index in [-0.39, 0.29) is 29.4 Å². The van der Waals surface area contributed by atoms with Crippen LogP contribution in [0.2, 0.25) is 6.82 Å². The molecule has 0 spiro atoms. The number of nitrogens with zero attached hydrogens (tertiary/aromatic N) is 2. The zero-order valence-electron chi connectivity index (χ0n) is 26.0. The number of amides is 2. The number of nitrogens with one attached hydrogen (secondary N) is 1. The van der Waals surface area contributed by atoms with E-state index in [2.05, 4.69) is 55.4 Å². The van der Waals surface area contributed by atoms with E-state index < -0.39 is 18.9 Å². The summed E-state index contributed by atoms with van der Waals surface area (Å²) < 4.78 is 20.5. The summed E-state index contributed by atoms with van der Waals surface area (Å²) in [6.45, 7) is 13.3. The number of benzene rings is 2. The Morgan fingerprint density at radius 3 is 2.30 bits per heavy atom. The van der Waals surface area contributed by atoms with Crippen molar-refractivity contribution in [1.29, 1.82) is 0 Å². The predicted octanol–water partition coefficient (Wildman–Crippen LogP) is 5.81. The van der Waals surface area contributed by atoms with Gasteiger partial charge >= 0.3 is 7.05 Å². The normalized spacial score (nSPS) is 25.5. The first-order valence-electron chi connectivity index (χ1n) is 15.6. The van der Waals surface area contributed by atoms with Gasteiger partial charge in [0.05, 0.1) is 22.8 Å². The number of fused-ring (bicyclic) bond motifs is 3. The minimum Gasteiger partial charge on any atom is -0.486 e. The van der Waals surface area contributed by atoms with E-state index in [1.807, 2.05) is 25.3 Å². The van der Waals surface area contributed by atoms with Crippen LogP contribution in [0.15, 0.2) is 42.7 Å². The van der Waals surface area contributed by atoms with Crippen molar-refractivity contribution in [3.63, 3.8) is 0 Å². The van der Waals surface area contributed by atoms with Crippen LogP contribution >= 0.6 is 0 Å². The largest absolute Gasteiger partial charge is 0.486 e. The molecule has 5 atom stereocenters. The summed E-state index contributed by atoms with van der Waals surface area (Å²) in [4.78, 5) is 32.5. The van der Waals surface area contributed by atoms with Crippen molar-refractivity contribution >= 4 is 51.8 Å². The number of hydrogen-bond donors (Lipinski definition) is 2. The molecule has 0 radical (unpaired) electrons. The predicted molar refractivity (Wildman–Crippen MR) is 170 cm³/mol. The Kier molecular flexibility index (Phi) is 6.90. The van der Waals surface area contributed by atoms with Gasteiger partial charge in [0, 0.05) is 51.8 Å². The summed E-state index contributed by atoms with van der Waals surface area (Å²) >= 11 is 0. The van der Waals surface area contributed by atoms with E-state index in [9.17, 15) is 14.6 Å². The molecule has 4 aromatic rings. The third kappa shape index (κ3) is 4.22. The van der Waals surface area contributed by atoms with Gasteiger partial charge in [0.1, 0.15) is 19.4 Å². The van der Waals surface area contributed by atoms with Gasteiger partial charge in [-0.3, -0.25) is 14.4 Å². The third-order valence-corrected chi connectivity index (χ3v) is 10.0. The number of carbonyl (C=O) groups excluding carboxylic acids is 2. The van der Waals surface area contributed by atoms with E-state index in [0.29, 0.717) is 47.7 Å². The SMILES string of the molecule is CCC1OC(n2cc(C3=C(c4c[nH]c5cc6c(cc45)OCCO6)C(=O)N(B(C)O)C3=O)c3cc(C)ccc32)C(C)C(C)C1C. The number of aromatic amines is 1. The first-order valence-corrected chi connectivity index (χ1v) is 15.6. The lowest BCUT2D eigenvalue weighted by molar-refractivity contribution is -0.166. The van der Waals surface area contributed by atoms with E-state index in [4.69, 9.17) is 14.2 Å². The van der Waals surface area contributed by atoms with Crippen LogP contribution in [-0.2, 0) is 14.3 Å². The molecule has 10 heteroatoms. The number of aryl methyl sites for hydroxylation is 1. The summed E-state index contributed by atoms with van der Waals surface area (Å²) in [5, 5.41) is 12.2. The number of hydrogen-bond acceptors (Lipinski definition) is 6. The van der Waals surface area contributed by atoms with Crippen LogP contribution in [0.1, 0.15) is 57.0 Å². The zero-order valence-corrected chi connectivity index (χ0v) is 26.0. The van der Waals surface area contributed by atoms with Crippen molar-refractivity contribution in [3.8, 4) is 11.5 Å². The fourth-order valence-corrected chi connectivity index (χ4v) is 7.32. The lowest BCUT2D eigenvalue weighted by Crippen LogP contribution is -2.42. The van der Waals surface area contributed by atoms with Gasteiger partial charge in [-0.2, -0.15) is 0 Å². The van der Waals surface area contributed by atoms with Crippen LogP contribution in [-0.4, -0.2) is 57.6 Å². The highest BCUT2D eigenvalue weighted by molar-refractivity contribution is 6.65. The second-order valence-electron chi connectivity index (χ2n) is 12.6. The molecule has 0 saturated carbocycles. The number of imide groups is 1. The average Bonchev–Trinajstić information content (AvgIpc) is 3.65. The van der Waals surface area contributed by atoms with Gasteiger partial charge in [-0.1, -0.05) is 39.3 Å². The van der Waals surface area contributed by atoms with Gasteiger partial charge in [-0.15, -0.1) is 0 Å². The van der Waals surface area contributed by atoms with Crippen LogP contribution in [0.4, 0.5) is 0 Å². The van der Waals surface area contributed by atoms with Crippen LogP contribution in [0.25, 0.3) is 33.0 Å². The van der Waals surface area contributed by atoms with Crippen LogP contribution in [0.5, 0.6) is 11.5 Å². The standard InChI is InChI=1S/C34H38BN3O6/c1-7-27-19(4)18(3)20(5)34(44-27)37-16-24(22-12-17(2)8-9-26(22)37)31-30(32(39)38(33(31)40)35(6)41)23-15-36-25-14-29-28(13-21(23)25)42-10-11-43-29/h8-9,12-16,18-20,27,34,36,41H,7,10-11H2,1-6H3. The van der Waals surface area contributed by atoms with E-state index >= 15 is 0 Å². The Hall–Kier alpha value is -4.02. The molecule has 3 aliphatic heterocycles. The molecule has 0 bridgehead atoms. The van der Waals surface area contributed by atoms with Crippen molar-refractivity contribution in [2.24, 2.45) is 17.8 Å². The molecule has 2 aromatic carbocycles. The number of rotatable bonds is 5. The molecule has 2 N–H and O–H groups in total. The van der Waals surface area contributed by atoms with Gasteiger partial charge < -0.3 is 28.8 Å². The molecule has 2 aromatic heterocycles. The summed E-state index contributed by atoms with van der Waals surface area (Å²) in [5.74, 6) is 1.19. The van der Waals surface area contributed by atoms with Crippen molar-refractivity contribution in [2.75, 3.05) is 13.2 Å². The van der Waals surface area contributed by atoms with Crippen LogP contribution in [0.3, 0.4) is 0 Å². The maximum absolute atomic E-state index is 14.2. The van der Waals surface area contributed by atoms with Crippen molar-refractivity contribution in [1.82, 2.24) is 14.4 Å². The minimum atomic E-state index is -1.30. The first kappa shape index (κ1) is 28.7. The Labute approximate surface area is 256 Å². The smallest absolute Gasteiger partial charge is 0.419 e. The molecule has 5 unspecified atom stereocenters. The highest BCUT2D eigenvalue weighted by atomic mass is 16.6. The molecule has 1 fully saturated rings. The van der Waals surface area contributed by atoms with Gasteiger partial charge in [0.2, 0.25) is 0 Å². The molecule has 1 saturated heterocycles. The monoisotopic (exact) mass is 595 g/mol. The first-order chi connectivity index (χ1) is 21.1. The summed E-state index contributed by atoms with van der Waals surface area (Å²) in [5.41, 5.74) is 4.43. The molecule has 2 amide bonds. The lowest BCUT2D eigenvalue weighted by Gasteiger charge is -2.44. The number of H-pyrrole nitrogens is 1. The number of ether oxygens (including phenoxy) is 3. The fraction of sp³-hybridized carbons (Fsp3) is 0.412. The van der Waals surface area contributed by atoms with E-state index in [0.717, 1.165) is 38.6 Å². The topological polar surface area (TPSA) is 106 Å². The van der Waals surface area contributed by atoms with Gasteiger partial charge in [0.15, 0.2) is 11.5 Å². The van der Waals surface area contributed by atoms with Crippen LogP contribution in [0, 0.1) is 24.7 Å². The maximum Gasteiger partial charge on any atom is 0.419 e. The molecule has 44 heavy (non-hydrogen) atoms. The van der Waals surface area contributed by atoms with Crippen LogP contribution < -0.4 is 9.47 Å². The number of carbonyl (C=O) groups is 2. The highest BCUT2D eigenvalue weighted by Gasteiger charge is 2.45. The molecule has 3 aliphatic rings. The zero-order chi connectivity index (χ0) is 31.0. The second kappa shape index (κ2) is 10.6. The Balaban J connectivity index is 1.48. The molecule has 0 aliphatic carbocycles.